The number of hydrogen-bond acceptors (Lipinski definition) is 3. The molecule has 26 heavy (non-hydrogen) atoms. The molecule has 1 saturated heterocycles. The molecule has 1 heterocycles. The molecule has 0 radical (unpaired) electrons. The molecule has 1 unspecified atom stereocenters. The van der Waals surface area contributed by atoms with E-state index < -0.39 is 5.54 Å². The maximum absolute atomic E-state index is 12.3. The predicted octanol–water partition coefficient (Wildman–Crippen LogP) is 3.97. The summed E-state index contributed by atoms with van der Waals surface area (Å²) in [5.74, 6) is -0.198. The van der Waals surface area contributed by atoms with Gasteiger partial charge in [-0.2, -0.15) is 0 Å². The SMILES string of the molecule is CCCC(C)(N)C(=O)Nc1ccc(NC(=O)N2CCCCCC2)cc1.Cl. The number of hydrogen-bond donors (Lipinski definition) is 3. The zero-order valence-electron chi connectivity index (χ0n) is 15.7. The monoisotopic (exact) mass is 382 g/mol. The number of nitrogens with two attached hydrogens (primary N) is 1. The highest BCUT2D eigenvalue weighted by molar-refractivity contribution is 5.98. The van der Waals surface area contributed by atoms with Crippen molar-refractivity contribution in [2.24, 2.45) is 5.73 Å². The summed E-state index contributed by atoms with van der Waals surface area (Å²) < 4.78 is 0. The van der Waals surface area contributed by atoms with Gasteiger partial charge in [-0.05, 0) is 50.5 Å². The Balaban J connectivity index is 0.00000338. The molecule has 0 bridgehead atoms. The van der Waals surface area contributed by atoms with Crippen LogP contribution in [-0.4, -0.2) is 35.5 Å². The molecule has 7 heteroatoms. The van der Waals surface area contributed by atoms with E-state index >= 15 is 0 Å². The highest BCUT2D eigenvalue weighted by Gasteiger charge is 2.27. The van der Waals surface area contributed by atoms with Gasteiger partial charge in [0.25, 0.3) is 0 Å². The van der Waals surface area contributed by atoms with E-state index in [2.05, 4.69) is 10.6 Å². The lowest BCUT2D eigenvalue weighted by Crippen LogP contribution is -2.48. The summed E-state index contributed by atoms with van der Waals surface area (Å²) in [4.78, 5) is 26.4. The second-order valence-electron chi connectivity index (χ2n) is 7.03. The first kappa shape index (κ1) is 22.3. The Morgan fingerprint density at radius 2 is 1.54 bits per heavy atom. The third-order valence-electron chi connectivity index (χ3n) is 4.58. The van der Waals surface area contributed by atoms with Crippen molar-refractivity contribution in [2.45, 2.75) is 57.9 Å². The standard InChI is InChI=1S/C19H30N4O2.ClH/c1-3-12-19(2,20)17(24)21-15-8-10-16(11-9-15)22-18(25)23-13-6-4-5-7-14-23;/h8-11H,3-7,12-14,20H2,1-2H3,(H,21,24)(H,22,25);1H. The molecule has 1 aromatic carbocycles. The van der Waals surface area contributed by atoms with Gasteiger partial charge in [0.15, 0.2) is 0 Å². The molecule has 0 aliphatic carbocycles. The third-order valence-corrected chi connectivity index (χ3v) is 4.58. The second-order valence-corrected chi connectivity index (χ2v) is 7.03. The zero-order chi connectivity index (χ0) is 18.3. The van der Waals surface area contributed by atoms with Crippen LogP contribution in [0.3, 0.4) is 0 Å². The Morgan fingerprint density at radius 3 is 2.04 bits per heavy atom. The number of nitrogens with one attached hydrogen (secondary N) is 2. The topological polar surface area (TPSA) is 87.5 Å². The van der Waals surface area contributed by atoms with Gasteiger partial charge >= 0.3 is 6.03 Å². The number of amides is 3. The van der Waals surface area contributed by atoms with Gasteiger partial charge in [0, 0.05) is 24.5 Å². The lowest BCUT2D eigenvalue weighted by atomic mass is 9.96. The number of urea groups is 1. The first-order chi connectivity index (χ1) is 11.9. The maximum Gasteiger partial charge on any atom is 0.321 e. The Labute approximate surface area is 162 Å². The van der Waals surface area contributed by atoms with Crippen molar-refractivity contribution in [2.75, 3.05) is 23.7 Å². The van der Waals surface area contributed by atoms with E-state index in [0.717, 1.165) is 38.0 Å². The Kier molecular flexibility index (Phi) is 8.88. The van der Waals surface area contributed by atoms with Crippen LogP contribution in [0.15, 0.2) is 24.3 Å². The molecule has 1 fully saturated rings. The lowest BCUT2D eigenvalue weighted by Gasteiger charge is -2.23. The fourth-order valence-electron chi connectivity index (χ4n) is 3.02. The minimum absolute atomic E-state index is 0. The molecular weight excluding hydrogens is 352 g/mol. The van der Waals surface area contributed by atoms with Gasteiger partial charge < -0.3 is 21.3 Å². The fraction of sp³-hybridized carbons (Fsp3) is 0.579. The number of nitrogens with zero attached hydrogens (tertiary/aromatic N) is 1. The van der Waals surface area contributed by atoms with Crippen LogP contribution in [-0.2, 0) is 4.79 Å². The average molecular weight is 383 g/mol. The van der Waals surface area contributed by atoms with E-state index in [1.54, 1.807) is 31.2 Å². The van der Waals surface area contributed by atoms with Crippen LogP contribution in [0.4, 0.5) is 16.2 Å². The van der Waals surface area contributed by atoms with Gasteiger partial charge in [-0.15, -0.1) is 12.4 Å². The summed E-state index contributed by atoms with van der Waals surface area (Å²) in [6.07, 6.45) is 5.99. The van der Waals surface area contributed by atoms with Crippen molar-refractivity contribution in [3.8, 4) is 0 Å². The highest BCUT2D eigenvalue weighted by atomic mass is 35.5. The summed E-state index contributed by atoms with van der Waals surface area (Å²) in [7, 11) is 0. The summed E-state index contributed by atoms with van der Waals surface area (Å²) >= 11 is 0. The molecule has 1 atom stereocenters. The number of carbonyl (C=O) groups excluding carboxylic acids is 2. The van der Waals surface area contributed by atoms with E-state index in [4.69, 9.17) is 5.73 Å². The summed E-state index contributed by atoms with van der Waals surface area (Å²) in [6, 6.07) is 7.07. The van der Waals surface area contributed by atoms with Crippen molar-refractivity contribution in [1.29, 1.82) is 0 Å². The molecule has 4 N–H and O–H groups in total. The van der Waals surface area contributed by atoms with Crippen molar-refractivity contribution >= 4 is 35.7 Å². The molecule has 6 nitrogen and oxygen atoms in total. The fourth-order valence-corrected chi connectivity index (χ4v) is 3.02. The average Bonchev–Trinajstić information content (AvgIpc) is 2.86. The summed E-state index contributed by atoms with van der Waals surface area (Å²) in [6.45, 7) is 5.36. The van der Waals surface area contributed by atoms with Crippen LogP contribution in [0.1, 0.15) is 52.4 Å². The zero-order valence-corrected chi connectivity index (χ0v) is 16.5. The molecular formula is C19H31ClN4O2. The van der Waals surface area contributed by atoms with Gasteiger partial charge in [0.05, 0.1) is 5.54 Å². The van der Waals surface area contributed by atoms with Crippen molar-refractivity contribution in [3.63, 3.8) is 0 Å². The number of halogens is 1. The molecule has 1 aliphatic rings. The molecule has 0 aromatic heterocycles. The number of rotatable bonds is 5. The van der Waals surface area contributed by atoms with E-state index in [1.807, 2.05) is 11.8 Å². The normalized spacial score (nSPS) is 16.7. The van der Waals surface area contributed by atoms with Gasteiger partial charge in [-0.25, -0.2) is 4.79 Å². The first-order valence-electron chi connectivity index (χ1n) is 9.19. The van der Waals surface area contributed by atoms with Crippen LogP contribution in [0, 0.1) is 0 Å². The Bertz CT molecular complexity index is 582. The minimum atomic E-state index is -0.881. The molecule has 1 aromatic rings. The smallest absolute Gasteiger partial charge is 0.321 e. The molecule has 2 rings (SSSR count). The van der Waals surface area contributed by atoms with Gasteiger partial charge in [0.2, 0.25) is 5.91 Å². The van der Waals surface area contributed by atoms with E-state index in [-0.39, 0.29) is 24.3 Å². The predicted molar refractivity (Wildman–Crippen MR) is 109 cm³/mol. The van der Waals surface area contributed by atoms with Crippen LogP contribution < -0.4 is 16.4 Å². The van der Waals surface area contributed by atoms with E-state index in [0.29, 0.717) is 12.1 Å². The van der Waals surface area contributed by atoms with Crippen molar-refractivity contribution in [1.82, 2.24) is 4.90 Å². The quantitative estimate of drug-likeness (QED) is 0.719. The Hall–Kier alpha value is -1.79. The maximum atomic E-state index is 12.3. The molecule has 1 aliphatic heterocycles. The number of anilines is 2. The highest BCUT2D eigenvalue weighted by Crippen LogP contribution is 2.18. The molecule has 146 valence electrons. The summed E-state index contributed by atoms with van der Waals surface area (Å²) in [5.41, 5.74) is 6.55. The molecule has 0 spiro atoms. The summed E-state index contributed by atoms with van der Waals surface area (Å²) in [5, 5.41) is 5.75. The van der Waals surface area contributed by atoms with Crippen molar-refractivity contribution < 1.29 is 9.59 Å². The molecule has 0 saturated carbocycles. The van der Waals surface area contributed by atoms with Crippen LogP contribution in [0.2, 0.25) is 0 Å². The van der Waals surface area contributed by atoms with Gasteiger partial charge in [0.1, 0.15) is 0 Å². The Morgan fingerprint density at radius 1 is 1.04 bits per heavy atom. The van der Waals surface area contributed by atoms with Crippen LogP contribution in [0.25, 0.3) is 0 Å². The van der Waals surface area contributed by atoms with Crippen LogP contribution >= 0.6 is 12.4 Å². The molecule has 3 amide bonds. The lowest BCUT2D eigenvalue weighted by molar-refractivity contribution is -0.120. The van der Waals surface area contributed by atoms with Crippen molar-refractivity contribution in [3.05, 3.63) is 24.3 Å². The number of benzene rings is 1. The van der Waals surface area contributed by atoms with Crippen LogP contribution in [0.5, 0.6) is 0 Å². The number of likely N-dealkylation sites (tertiary alicyclic amines) is 1. The number of carbonyl (C=O) groups is 2. The van der Waals surface area contributed by atoms with Gasteiger partial charge in [-0.1, -0.05) is 26.2 Å². The van der Waals surface area contributed by atoms with E-state index in [9.17, 15) is 9.59 Å². The largest absolute Gasteiger partial charge is 0.325 e. The first-order valence-corrected chi connectivity index (χ1v) is 9.19. The third kappa shape index (κ3) is 6.50. The minimum Gasteiger partial charge on any atom is -0.325 e. The van der Waals surface area contributed by atoms with E-state index in [1.165, 1.54) is 12.8 Å². The van der Waals surface area contributed by atoms with Gasteiger partial charge in [-0.3, -0.25) is 4.79 Å². The second kappa shape index (κ2) is 10.4.